The van der Waals surface area contributed by atoms with Crippen LogP contribution in [0.15, 0.2) is 12.1 Å². The Bertz CT molecular complexity index is 676. The largest absolute Gasteiger partial charge is 0.489 e. The second-order valence-electron chi connectivity index (χ2n) is 10.8. The number of carbonyl (C=O) groups is 1. The zero-order valence-electron chi connectivity index (χ0n) is 24.1. The van der Waals surface area contributed by atoms with Crippen molar-refractivity contribution in [1.29, 1.82) is 0 Å². The van der Waals surface area contributed by atoms with E-state index < -0.39 is 5.97 Å². The van der Waals surface area contributed by atoms with Gasteiger partial charge < -0.3 is 19.3 Å². The van der Waals surface area contributed by atoms with Gasteiger partial charge in [0.15, 0.2) is 11.5 Å². The van der Waals surface area contributed by atoms with Crippen LogP contribution in [-0.4, -0.2) is 30.9 Å². The van der Waals surface area contributed by atoms with Gasteiger partial charge in [0, 0.05) is 0 Å². The first-order valence-corrected chi connectivity index (χ1v) is 14.6. The minimum Gasteiger partial charge on any atom is -0.489 e. The number of carboxylic acid groups (broad SMARTS) is 1. The second-order valence-corrected chi connectivity index (χ2v) is 10.8. The first kappa shape index (κ1) is 32.1. The molecule has 0 saturated carbocycles. The van der Waals surface area contributed by atoms with Gasteiger partial charge in [0.05, 0.1) is 25.4 Å². The van der Waals surface area contributed by atoms with Gasteiger partial charge >= 0.3 is 5.97 Å². The summed E-state index contributed by atoms with van der Waals surface area (Å²) in [6.45, 7) is 14.8. The highest BCUT2D eigenvalue weighted by Gasteiger charge is 2.21. The Hall–Kier alpha value is -1.91. The summed E-state index contributed by atoms with van der Waals surface area (Å²) in [4.78, 5) is 11.9. The molecule has 1 N–H and O–H groups in total. The third kappa shape index (κ3) is 13.4. The molecular formula is C31H54O5. The average Bonchev–Trinajstić information content (AvgIpc) is 2.85. The van der Waals surface area contributed by atoms with Crippen molar-refractivity contribution in [2.24, 2.45) is 17.8 Å². The summed E-state index contributed by atoms with van der Waals surface area (Å²) in [7, 11) is 0. The number of benzene rings is 1. The van der Waals surface area contributed by atoms with E-state index in [9.17, 15) is 9.90 Å². The molecule has 0 bridgehead atoms. The molecule has 0 heterocycles. The number of unbranched alkanes of at least 4 members (excludes halogenated alkanes) is 6. The van der Waals surface area contributed by atoms with Crippen molar-refractivity contribution in [2.75, 3.05) is 19.8 Å². The van der Waals surface area contributed by atoms with Crippen LogP contribution >= 0.6 is 0 Å². The van der Waals surface area contributed by atoms with E-state index in [-0.39, 0.29) is 5.56 Å². The highest BCUT2D eigenvalue weighted by atomic mass is 16.5. The van der Waals surface area contributed by atoms with Crippen LogP contribution in [-0.2, 0) is 0 Å². The normalized spacial score (nSPS) is 13.7. The van der Waals surface area contributed by atoms with Crippen molar-refractivity contribution in [1.82, 2.24) is 0 Å². The molecule has 5 nitrogen and oxygen atoms in total. The van der Waals surface area contributed by atoms with E-state index in [0.29, 0.717) is 54.8 Å². The Kier molecular flexibility index (Phi) is 17.2. The smallest absolute Gasteiger partial charge is 0.335 e. The third-order valence-electron chi connectivity index (χ3n) is 6.73. The summed E-state index contributed by atoms with van der Waals surface area (Å²) in [5.74, 6) is 1.68. The molecule has 1 aromatic rings. The maximum absolute atomic E-state index is 11.9. The minimum absolute atomic E-state index is 0.167. The van der Waals surface area contributed by atoms with Gasteiger partial charge in [0.2, 0.25) is 5.75 Å². The predicted molar refractivity (Wildman–Crippen MR) is 150 cm³/mol. The number of hydrogen-bond donors (Lipinski definition) is 1. The molecule has 0 aromatic heterocycles. The van der Waals surface area contributed by atoms with Crippen LogP contribution in [0.3, 0.4) is 0 Å². The quantitative estimate of drug-likeness (QED) is 0.159. The van der Waals surface area contributed by atoms with E-state index in [1.165, 1.54) is 57.8 Å². The van der Waals surface area contributed by atoms with Crippen LogP contribution in [0, 0.1) is 17.8 Å². The molecular weight excluding hydrogens is 452 g/mol. The van der Waals surface area contributed by atoms with Crippen LogP contribution < -0.4 is 14.2 Å². The Morgan fingerprint density at radius 3 is 1.36 bits per heavy atom. The Labute approximate surface area is 221 Å². The highest BCUT2D eigenvalue weighted by Crippen LogP contribution is 2.40. The molecule has 3 unspecified atom stereocenters. The Morgan fingerprint density at radius 1 is 0.667 bits per heavy atom. The number of rotatable bonds is 22. The van der Waals surface area contributed by atoms with Crippen LogP contribution in [0.2, 0.25) is 0 Å². The maximum Gasteiger partial charge on any atom is 0.335 e. The van der Waals surface area contributed by atoms with Crippen molar-refractivity contribution in [3.05, 3.63) is 17.7 Å². The molecule has 36 heavy (non-hydrogen) atoms. The molecule has 0 amide bonds. The van der Waals surface area contributed by atoms with Gasteiger partial charge in [-0.15, -0.1) is 0 Å². The van der Waals surface area contributed by atoms with Crippen LogP contribution in [0.25, 0.3) is 0 Å². The molecule has 0 spiro atoms. The fourth-order valence-corrected chi connectivity index (χ4v) is 4.22. The van der Waals surface area contributed by atoms with E-state index in [1.54, 1.807) is 12.1 Å². The average molecular weight is 507 g/mol. The molecule has 1 aromatic carbocycles. The molecule has 0 saturated heterocycles. The molecule has 0 aliphatic rings. The topological polar surface area (TPSA) is 65.0 Å². The van der Waals surface area contributed by atoms with Crippen molar-refractivity contribution >= 4 is 5.97 Å². The van der Waals surface area contributed by atoms with E-state index in [0.717, 1.165) is 19.3 Å². The van der Waals surface area contributed by atoms with E-state index in [2.05, 4.69) is 41.5 Å². The Balaban J connectivity index is 3.07. The predicted octanol–water partition coefficient (Wildman–Crippen LogP) is 9.17. The van der Waals surface area contributed by atoms with Crippen molar-refractivity contribution in [3.63, 3.8) is 0 Å². The lowest BCUT2D eigenvalue weighted by molar-refractivity contribution is 0.0695. The summed E-state index contributed by atoms with van der Waals surface area (Å²) in [5.41, 5.74) is 0.167. The van der Waals surface area contributed by atoms with E-state index in [1.807, 2.05) is 0 Å². The lowest BCUT2D eigenvalue weighted by Gasteiger charge is -2.22. The molecule has 1 rings (SSSR count). The lowest BCUT2D eigenvalue weighted by Crippen LogP contribution is -2.15. The third-order valence-corrected chi connectivity index (χ3v) is 6.73. The number of ether oxygens (including phenoxy) is 3. The minimum atomic E-state index is -0.990. The van der Waals surface area contributed by atoms with Gasteiger partial charge in [-0.1, -0.05) is 99.3 Å². The standard InChI is InChI=1S/C31H54O5/c1-7-10-13-16-24(4)21-34-28-19-27(31(32)33)20-29(35-22-25(5)17-14-11-8-2)30(28)36-23-26(6)18-15-12-9-3/h19-20,24-26H,7-18,21-23H2,1-6H3,(H,32,33). The van der Waals surface area contributed by atoms with Crippen LogP contribution in [0.1, 0.15) is 129 Å². The Morgan fingerprint density at radius 2 is 1.03 bits per heavy atom. The zero-order valence-corrected chi connectivity index (χ0v) is 24.1. The van der Waals surface area contributed by atoms with Crippen molar-refractivity contribution in [2.45, 2.75) is 119 Å². The second kappa shape index (κ2) is 19.2. The summed E-state index contributed by atoms with van der Waals surface area (Å²) < 4.78 is 18.7. The summed E-state index contributed by atoms with van der Waals surface area (Å²) in [5, 5.41) is 9.75. The fraction of sp³-hybridized carbons (Fsp3) is 0.774. The molecule has 0 fully saturated rings. The summed E-state index contributed by atoms with van der Waals surface area (Å²) >= 11 is 0. The van der Waals surface area contributed by atoms with Gasteiger partial charge in [-0.3, -0.25) is 0 Å². The summed E-state index contributed by atoms with van der Waals surface area (Å²) in [6, 6.07) is 3.19. The van der Waals surface area contributed by atoms with Crippen LogP contribution in [0.4, 0.5) is 0 Å². The van der Waals surface area contributed by atoms with Crippen molar-refractivity contribution in [3.8, 4) is 17.2 Å². The van der Waals surface area contributed by atoms with Gasteiger partial charge in [-0.05, 0) is 49.1 Å². The lowest BCUT2D eigenvalue weighted by atomic mass is 10.0. The highest BCUT2D eigenvalue weighted by molar-refractivity contribution is 5.89. The van der Waals surface area contributed by atoms with Crippen molar-refractivity contribution < 1.29 is 24.1 Å². The number of aromatic carboxylic acids is 1. The maximum atomic E-state index is 11.9. The fourth-order valence-electron chi connectivity index (χ4n) is 4.22. The van der Waals surface area contributed by atoms with E-state index in [4.69, 9.17) is 14.2 Å². The first-order valence-electron chi connectivity index (χ1n) is 14.6. The molecule has 0 radical (unpaired) electrons. The number of hydrogen-bond acceptors (Lipinski definition) is 4. The molecule has 3 atom stereocenters. The number of carboxylic acids is 1. The first-order chi connectivity index (χ1) is 17.3. The van der Waals surface area contributed by atoms with Gasteiger partial charge in [-0.2, -0.15) is 0 Å². The van der Waals surface area contributed by atoms with E-state index >= 15 is 0 Å². The SMILES string of the molecule is CCCCCC(C)COc1cc(C(=O)O)cc(OCC(C)CCCCC)c1OCC(C)CCCCC. The molecule has 0 aliphatic carbocycles. The van der Waals surface area contributed by atoms with Gasteiger partial charge in [0.25, 0.3) is 0 Å². The monoisotopic (exact) mass is 506 g/mol. The molecule has 0 aliphatic heterocycles. The van der Waals surface area contributed by atoms with Gasteiger partial charge in [0.1, 0.15) is 0 Å². The molecule has 5 heteroatoms. The van der Waals surface area contributed by atoms with Crippen LogP contribution in [0.5, 0.6) is 17.2 Å². The van der Waals surface area contributed by atoms with Gasteiger partial charge in [-0.25, -0.2) is 4.79 Å². The zero-order chi connectivity index (χ0) is 26.8. The summed E-state index contributed by atoms with van der Waals surface area (Å²) in [6.07, 6.45) is 14.1. The molecule has 208 valence electrons.